The average molecular weight is 210 g/mol. The van der Waals surface area contributed by atoms with Crippen molar-refractivity contribution in [2.24, 2.45) is 11.8 Å². The SMILES string of the molecule is CCC(C#N)NCC1CCCCC1CO. The Morgan fingerprint density at radius 3 is 2.60 bits per heavy atom. The fourth-order valence-corrected chi connectivity index (χ4v) is 2.37. The fourth-order valence-electron chi connectivity index (χ4n) is 2.37. The maximum Gasteiger partial charge on any atom is 0.0950 e. The van der Waals surface area contributed by atoms with Gasteiger partial charge >= 0.3 is 0 Å². The smallest absolute Gasteiger partial charge is 0.0950 e. The number of nitrogens with one attached hydrogen (secondary N) is 1. The minimum Gasteiger partial charge on any atom is -0.396 e. The van der Waals surface area contributed by atoms with E-state index in [1.165, 1.54) is 19.3 Å². The fraction of sp³-hybridized carbons (Fsp3) is 0.917. The molecule has 0 aliphatic heterocycles. The maximum absolute atomic E-state index is 9.25. The molecule has 3 atom stereocenters. The first-order valence-electron chi connectivity index (χ1n) is 6.05. The number of hydrogen-bond acceptors (Lipinski definition) is 3. The van der Waals surface area contributed by atoms with E-state index in [4.69, 9.17) is 5.26 Å². The van der Waals surface area contributed by atoms with Gasteiger partial charge in [-0.3, -0.25) is 0 Å². The van der Waals surface area contributed by atoms with Gasteiger partial charge in [-0.25, -0.2) is 0 Å². The van der Waals surface area contributed by atoms with Crippen molar-refractivity contribution in [2.45, 2.75) is 45.1 Å². The summed E-state index contributed by atoms with van der Waals surface area (Å²) in [4.78, 5) is 0. The highest BCUT2D eigenvalue weighted by atomic mass is 16.3. The summed E-state index contributed by atoms with van der Waals surface area (Å²) in [7, 11) is 0. The number of nitrogens with zero attached hydrogens (tertiary/aromatic N) is 1. The van der Waals surface area contributed by atoms with E-state index in [0.717, 1.165) is 19.4 Å². The Morgan fingerprint density at radius 2 is 2.07 bits per heavy atom. The number of aliphatic hydroxyl groups excluding tert-OH is 1. The molecule has 0 bridgehead atoms. The predicted octanol–water partition coefficient (Wildman–Crippen LogP) is 1.68. The standard InChI is InChI=1S/C12H22N2O/c1-2-12(7-13)14-8-10-5-3-4-6-11(10)9-15/h10-12,14-15H,2-6,8-9H2,1H3. The van der Waals surface area contributed by atoms with Crippen LogP contribution in [0.25, 0.3) is 0 Å². The molecule has 0 aromatic carbocycles. The summed E-state index contributed by atoms with van der Waals surface area (Å²) in [6, 6.07) is 2.23. The number of rotatable bonds is 5. The molecule has 0 radical (unpaired) electrons. The minimum absolute atomic E-state index is 0.0220. The molecule has 1 aliphatic rings. The zero-order valence-electron chi connectivity index (χ0n) is 9.58. The highest BCUT2D eigenvalue weighted by molar-refractivity contribution is 4.89. The van der Waals surface area contributed by atoms with Crippen LogP contribution in [0.3, 0.4) is 0 Å². The van der Waals surface area contributed by atoms with Crippen molar-refractivity contribution in [3.05, 3.63) is 0 Å². The summed E-state index contributed by atoms with van der Waals surface area (Å²) >= 11 is 0. The van der Waals surface area contributed by atoms with Gasteiger partial charge in [0.25, 0.3) is 0 Å². The molecule has 0 heterocycles. The lowest BCUT2D eigenvalue weighted by atomic mass is 9.79. The molecule has 0 spiro atoms. The largest absolute Gasteiger partial charge is 0.396 e. The second kappa shape index (κ2) is 6.81. The van der Waals surface area contributed by atoms with E-state index < -0.39 is 0 Å². The molecule has 0 saturated heterocycles. The van der Waals surface area contributed by atoms with Gasteiger partial charge in [0.15, 0.2) is 0 Å². The van der Waals surface area contributed by atoms with Crippen LogP contribution in [-0.4, -0.2) is 24.3 Å². The summed E-state index contributed by atoms with van der Waals surface area (Å²) in [6.07, 6.45) is 5.71. The molecule has 1 saturated carbocycles. The van der Waals surface area contributed by atoms with E-state index in [-0.39, 0.29) is 6.04 Å². The summed E-state index contributed by atoms with van der Waals surface area (Å²) in [5, 5.41) is 21.3. The molecule has 3 nitrogen and oxygen atoms in total. The van der Waals surface area contributed by atoms with Crippen LogP contribution in [0, 0.1) is 23.2 Å². The molecule has 1 fully saturated rings. The second-order valence-corrected chi connectivity index (χ2v) is 4.49. The van der Waals surface area contributed by atoms with Crippen LogP contribution in [0.1, 0.15) is 39.0 Å². The van der Waals surface area contributed by atoms with E-state index in [1.807, 2.05) is 6.92 Å². The molecular formula is C12H22N2O. The lowest BCUT2D eigenvalue weighted by molar-refractivity contribution is 0.132. The second-order valence-electron chi connectivity index (χ2n) is 4.49. The molecule has 86 valence electrons. The van der Waals surface area contributed by atoms with Crippen LogP contribution in [-0.2, 0) is 0 Å². The maximum atomic E-state index is 9.25. The van der Waals surface area contributed by atoms with Gasteiger partial charge in [0.2, 0.25) is 0 Å². The van der Waals surface area contributed by atoms with Gasteiger partial charge in [-0.2, -0.15) is 5.26 Å². The lowest BCUT2D eigenvalue weighted by Crippen LogP contribution is -2.37. The molecule has 0 amide bonds. The van der Waals surface area contributed by atoms with E-state index in [9.17, 15) is 5.11 Å². The average Bonchev–Trinajstić information content (AvgIpc) is 2.31. The molecule has 1 rings (SSSR count). The van der Waals surface area contributed by atoms with Gasteiger partial charge in [0, 0.05) is 6.61 Å². The van der Waals surface area contributed by atoms with Crippen LogP contribution in [0.5, 0.6) is 0 Å². The quantitative estimate of drug-likeness (QED) is 0.726. The summed E-state index contributed by atoms with van der Waals surface area (Å²) in [6.45, 7) is 3.21. The molecule has 3 unspecified atom stereocenters. The van der Waals surface area contributed by atoms with Crippen molar-refractivity contribution < 1.29 is 5.11 Å². The zero-order chi connectivity index (χ0) is 11.1. The van der Waals surface area contributed by atoms with E-state index in [1.54, 1.807) is 0 Å². The van der Waals surface area contributed by atoms with E-state index in [2.05, 4.69) is 11.4 Å². The van der Waals surface area contributed by atoms with Crippen molar-refractivity contribution in [3.63, 3.8) is 0 Å². The van der Waals surface area contributed by atoms with Crippen molar-refractivity contribution >= 4 is 0 Å². The van der Waals surface area contributed by atoms with E-state index in [0.29, 0.717) is 18.4 Å². The first kappa shape index (κ1) is 12.5. The van der Waals surface area contributed by atoms with Crippen LogP contribution in [0.15, 0.2) is 0 Å². The third-order valence-electron chi connectivity index (χ3n) is 3.49. The first-order valence-corrected chi connectivity index (χ1v) is 6.05. The van der Waals surface area contributed by atoms with Crippen molar-refractivity contribution in [1.29, 1.82) is 5.26 Å². The summed E-state index contributed by atoms with van der Waals surface area (Å²) in [5.74, 6) is 1.01. The van der Waals surface area contributed by atoms with Gasteiger partial charge in [-0.15, -0.1) is 0 Å². The predicted molar refractivity (Wildman–Crippen MR) is 60.2 cm³/mol. The summed E-state index contributed by atoms with van der Waals surface area (Å²) < 4.78 is 0. The van der Waals surface area contributed by atoms with Gasteiger partial charge in [0.1, 0.15) is 0 Å². The Hall–Kier alpha value is -0.590. The third kappa shape index (κ3) is 3.81. The first-order chi connectivity index (χ1) is 7.31. The van der Waals surface area contributed by atoms with Crippen LogP contribution in [0.2, 0.25) is 0 Å². The molecule has 0 aromatic heterocycles. The Labute approximate surface area is 92.5 Å². The highest BCUT2D eigenvalue weighted by Gasteiger charge is 2.24. The number of nitriles is 1. The summed E-state index contributed by atoms with van der Waals surface area (Å²) in [5.41, 5.74) is 0. The topological polar surface area (TPSA) is 56.0 Å². The van der Waals surface area contributed by atoms with Crippen molar-refractivity contribution in [3.8, 4) is 6.07 Å². The van der Waals surface area contributed by atoms with Crippen LogP contribution in [0.4, 0.5) is 0 Å². The monoisotopic (exact) mass is 210 g/mol. The molecule has 2 N–H and O–H groups in total. The van der Waals surface area contributed by atoms with Gasteiger partial charge in [-0.05, 0) is 37.6 Å². The Balaban J connectivity index is 2.32. The Bertz CT molecular complexity index is 212. The Kier molecular flexibility index (Phi) is 5.67. The molecule has 15 heavy (non-hydrogen) atoms. The van der Waals surface area contributed by atoms with Crippen molar-refractivity contribution in [1.82, 2.24) is 5.32 Å². The van der Waals surface area contributed by atoms with E-state index >= 15 is 0 Å². The number of aliphatic hydroxyl groups is 1. The highest BCUT2D eigenvalue weighted by Crippen LogP contribution is 2.29. The van der Waals surface area contributed by atoms with Gasteiger partial charge in [0.05, 0.1) is 12.1 Å². The molecule has 1 aliphatic carbocycles. The third-order valence-corrected chi connectivity index (χ3v) is 3.49. The minimum atomic E-state index is -0.0220. The lowest BCUT2D eigenvalue weighted by Gasteiger charge is -2.30. The molecular weight excluding hydrogens is 188 g/mol. The van der Waals surface area contributed by atoms with Crippen molar-refractivity contribution in [2.75, 3.05) is 13.2 Å². The molecule has 0 aromatic rings. The van der Waals surface area contributed by atoms with Gasteiger partial charge < -0.3 is 10.4 Å². The van der Waals surface area contributed by atoms with Gasteiger partial charge in [-0.1, -0.05) is 19.8 Å². The zero-order valence-corrected chi connectivity index (χ0v) is 9.58. The normalized spacial score (nSPS) is 28.3. The number of hydrogen-bond donors (Lipinski definition) is 2. The van der Waals surface area contributed by atoms with Crippen LogP contribution >= 0.6 is 0 Å². The van der Waals surface area contributed by atoms with Crippen LogP contribution < -0.4 is 5.32 Å². The Morgan fingerprint density at radius 1 is 1.40 bits per heavy atom. The molecule has 3 heteroatoms.